The van der Waals surface area contributed by atoms with E-state index < -0.39 is 10.0 Å². The van der Waals surface area contributed by atoms with E-state index in [2.05, 4.69) is 5.32 Å². The van der Waals surface area contributed by atoms with Gasteiger partial charge in [0.2, 0.25) is 10.0 Å². The van der Waals surface area contributed by atoms with Crippen LogP contribution < -0.4 is 5.32 Å². The predicted molar refractivity (Wildman–Crippen MR) is 72.4 cm³/mol. The van der Waals surface area contributed by atoms with Crippen molar-refractivity contribution in [2.24, 2.45) is 0 Å². The zero-order valence-electron chi connectivity index (χ0n) is 10.9. The minimum absolute atomic E-state index is 0.0259. The fourth-order valence-corrected chi connectivity index (χ4v) is 3.60. The molecule has 5 nitrogen and oxygen atoms in total. The molecule has 7 heteroatoms. The third-order valence-electron chi connectivity index (χ3n) is 2.37. The molecule has 1 N–H and O–H groups in total. The molecule has 0 fully saturated rings. The highest BCUT2D eigenvalue weighted by Gasteiger charge is 2.22. The first kappa shape index (κ1) is 15.1. The zero-order valence-corrected chi connectivity index (χ0v) is 12.6. The van der Waals surface area contributed by atoms with Crippen LogP contribution >= 0.6 is 11.3 Å². The molecule has 1 heterocycles. The van der Waals surface area contributed by atoms with Crippen LogP contribution in [0, 0.1) is 0 Å². The van der Waals surface area contributed by atoms with Gasteiger partial charge in [0.05, 0.1) is 9.77 Å². The van der Waals surface area contributed by atoms with Gasteiger partial charge in [0.15, 0.2) is 0 Å². The topological polar surface area (TPSA) is 66.5 Å². The van der Waals surface area contributed by atoms with Gasteiger partial charge < -0.3 is 5.32 Å². The fraction of sp³-hybridized carbons (Fsp3) is 0.545. The van der Waals surface area contributed by atoms with Crippen molar-refractivity contribution in [1.82, 2.24) is 9.62 Å². The maximum absolute atomic E-state index is 12.0. The van der Waals surface area contributed by atoms with Crippen LogP contribution in [0.2, 0.25) is 0 Å². The lowest BCUT2D eigenvalue weighted by molar-refractivity contribution is 0.0947. The number of rotatable bonds is 5. The summed E-state index contributed by atoms with van der Waals surface area (Å²) in [7, 11) is -1.95. The normalized spacial score (nSPS) is 12.1. The highest BCUT2D eigenvalue weighted by molar-refractivity contribution is 7.89. The number of carbonyl (C=O) groups excluding carboxylic acids is 1. The molecular formula is C11H18N2O3S2. The predicted octanol–water partition coefficient (Wildman–Crippen LogP) is 1.53. The SMILES string of the molecule is CCN(C)S(=O)(=O)c1csc(C(=O)NC(C)C)c1. The number of thiophene rings is 1. The van der Waals surface area contributed by atoms with E-state index in [4.69, 9.17) is 0 Å². The molecule has 1 aromatic rings. The van der Waals surface area contributed by atoms with Crippen molar-refractivity contribution in [3.8, 4) is 0 Å². The molecule has 102 valence electrons. The Kier molecular flexibility index (Phi) is 4.89. The van der Waals surface area contributed by atoms with Crippen LogP contribution in [0.4, 0.5) is 0 Å². The van der Waals surface area contributed by atoms with Crippen LogP contribution in [0.1, 0.15) is 30.4 Å². The number of hydrogen-bond donors (Lipinski definition) is 1. The van der Waals surface area contributed by atoms with Gasteiger partial charge in [-0.1, -0.05) is 6.92 Å². The zero-order chi connectivity index (χ0) is 13.9. The second-order valence-electron chi connectivity index (χ2n) is 4.19. The van der Waals surface area contributed by atoms with Crippen molar-refractivity contribution in [1.29, 1.82) is 0 Å². The van der Waals surface area contributed by atoms with E-state index in [1.807, 2.05) is 13.8 Å². The Morgan fingerprint density at radius 2 is 2.11 bits per heavy atom. The van der Waals surface area contributed by atoms with Crippen molar-refractivity contribution >= 4 is 27.3 Å². The van der Waals surface area contributed by atoms with E-state index in [-0.39, 0.29) is 16.8 Å². The standard InChI is InChI=1S/C11H18N2O3S2/c1-5-13(4)18(15,16)9-6-10(17-7-9)11(14)12-8(2)3/h6-8H,5H2,1-4H3,(H,12,14). The first-order valence-corrected chi connectivity index (χ1v) is 7.96. The Bertz CT molecular complexity index is 520. The molecule has 0 aliphatic heterocycles. The third-order valence-corrected chi connectivity index (χ3v) is 5.36. The molecule has 0 aliphatic rings. The van der Waals surface area contributed by atoms with Gasteiger partial charge in [-0.15, -0.1) is 11.3 Å². The second kappa shape index (κ2) is 5.81. The van der Waals surface area contributed by atoms with Crippen LogP contribution in [0.3, 0.4) is 0 Å². The van der Waals surface area contributed by atoms with Gasteiger partial charge in [-0.05, 0) is 19.9 Å². The van der Waals surface area contributed by atoms with Gasteiger partial charge in [-0.25, -0.2) is 12.7 Å². The fourth-order valence-electron chi connectivity index (χ4n) is 1.26. The lowest BCUT2D eigenvalue weighted by atomic mass is 10.3. The molecule has 1 amide bonds. The van der Waals surface area contributed by atoms with Crippen molar-refractivity contribution in [3.05, 3.63) is 16.3 Å². The van der Waals surface area contributed by atoms with Gasteiger partial charge >= 0.3 is 0 Å². The summed E-state index contributed by atoms with van der Waals surface area (Å²) in [6, 6.07) is 1.45. The Balaban J connectivity index is 2.97. The smallest absolute Gasteiger partial charge is 0.261 e. The monoisotopic (exact) mass is 290 g/mol. The molecule has 18 heavy (non-hydrogen) atoms. The van der Waals surface area contributed by atoms with Gasteiger partial charge in [0, 0.05) is 25.0 Å². The quantitative estimate of drug-likeness (QED) is 0.894. The van der Waals surface area contributed by atoms with Gasteiger partial charge in [0.1, 0.15) is 0 Å². The van der Waals surface area contributed by atoms with Crippen molar-refractivity contribution < 1.29 is 13.2 Å². The highest BCUT2D eigenvalue weighted by atomic mass is 32.2. The number of nitrogens with zero attached hydrogens (tertiary/aromatic N) is 1. The number of sulfonamides is 1. The Labute approximate surface area is 112 Å². The largest absolute Gasteiger partial charge is 0.349 e. The van der Waals surface area contributed by atoms with Crippen molar-refractivity contribution in [3.63, 3.8) is 0 Å². The van der Waals surface area contributed by atoms with Crippen LogP contribution in [0.5, 0.6) is 0 Å². The van der Waals surface area contributed by atoms with Crippen LogP contribution in [0.25, 0.3) is 0 Å². The molecule has 1 rings (SSSR count). The lowest BCUT2D eigenvalue weighted by Crippen LogP contribution is -2.29. The van der Waals surface area contributed by atoms with Gasteiger partial charge in [0.25, 0.3) is 5.91 Å². The summed E-state index contributed by atoms with van der Waals surface area (Å²) in [5.41, 5.74) is 0. The average molecular weight is 290 g/mol. The van der Waals surface area contributed by atoms with E-state index in [1.54, 1.807) is 6.92 Å². The molecule has 0 spiro atoms. The Hall–Kier alpha value is -0.920. The lowest BCUT2D eigenvalue weighted by Gasteiger charge is -2.12. The summed E-state index contributed by atoms with van der Waals surface area (Å²) >= 11 is 1.14. The molecular weight excluding hydrogens is 272 g/mol. The number of nitrogens with one attached hydrogen (secondary N) is 1. The molecule has 0 atom stereocenters. The van der Waals surface area contributed by atoms with Crippen LogP contribution in [0.15, 0.2) is 16.3 Å². The second-order valence-corrected chi connectivity index (χ2v) is 7.15. The molecule has 0 unspecified atom stereocenters. The first-order chi connectivity index (χ1) is 8.28. The molecule has 0 bridgehead atoms. The number of hydrogen-bond acceptors (Lipinski definition) is 4. The summed E-state index contributed by atoms with van der Waals surface area (Å²) in [6.07, 6.45) is 0. The molecule has 0 radical (unpaired) electrons. The average Bonchev–Trinajstić information content (AvgIpc) is 2.76. The van der Waals surface area contributed by atoms with Crippen molar-refractivity contribution in [2.45, 2.75) is 31.7 Å². The molecule has 0 aliphatic carbocycles. The highest BCUT2D eigenvalue weighted by Crippen LogP contribution is 2.21. The number of amides is 1. The summed E-state index contributed by atoms with van der Waals surface area (Å²) in [4.78, 5) is 12.3. The summed E-state index contributed by atoms with van der Waals surface area (Å²) in [5, 5.41) is 4.23. The van der Waals surface area contributed by atoms with E-state index in [1.165, 1.54) is 22.8 Å². The Morgan fingerprint density at radius 3 is 2.61 bits per heavy atom. The summed E-state index contributed by atoms with van der Waals surface area (Å²) in [6.45, 7) is 5.87. The summed E-state index contributed by atoms with van der Waals surface area (Å²) in [5.74, 6) is -0.240. The number of carbonyl (C=O) groups is 1. The Morgan fingerprint density at radius 1 is 1.50 bits per heavy atom. The molecule has 1 aromatic heterocycles. The molecule has 0 aromatic carbocycles. The van der Waals surface area contributed by atoms with E-state index in [0.29, 0.717) is 11.4 Å². The summed E-state index contributed by atoms with van der Waals surface area (Å²) < 4.78 is 25.3. The van der Waals surface area contributed by atoms with Crippen LogP contribution in [-0.4, -0.2) is 38.3 Å². The third kappa shape index (κ3) is 3.30. The maximum Gasteiger partial charge on any atom is 0.261 e. The molecule has 0 saturated heterocycles. The minimum atomic E-state index is -3.47. The maximum atomic E-state index is 12.0. The van der Waals surface area contributed by atoms with Crippen molar-refractivity contribution in [2.75, 3.05) is 13.6 Å². The van der Waals surface area contributed by atoms with Gasteiger partial charge in [-0.2, -0.15) is 0 Å². The van der Waals surface area contributed by atoms with Gasteiger partial charge in [-0.3, -0.25) is 4.79 Å². The molecule has 0 saturated carbocycles. The van der Waals surface area contributed by atoms with E-state index in [9.17, 15) is 13.2 Å². The van der Waals surface area contributed by atoms with Crippen LogP contribution in [-0.2, 0) is 10.0 Å². The first-order valence-electron chi connectivity index (χ1n) is 5.64. The van der Waals surface area contributed by atoms with E-state index >= 15 is 0 Å². The van der Waals surface area contributed by atoms with E-state index in [0.717, 1.165) is 11.3 Å². The minimum Gasteiger partial charge on any atom is -0.349 e.